The van der Waals surface area contributed by atoms with Crippen molar-refractivity contribution in [1.82, 2.24) is 0 Å². The molecule has 0 spiro atoms. The van der Waals surface area contributed by atoms with Crippen molar-refractivity contribution in [3.05, 3.63) is 34.6 Å². The van der Waals surface area contributed by atoms with E-state index in [2.05, 4.69) is 0 Å². The first-order chi connectivity index (χ1) is 6.02. The fourth-order valence-corrected chi connectivity index (χ4v) is 0.943. The zero-order valence-electron chi connectivity index (χ0n) is 6.37. The topological polar surface area (TPSA) is 57.5 Å². The van der Waals surface area contributed by atoms with E-state index in [4.69, 9.17) is 21.8 Å². The molecule has 1 rings (SSSR count). The van der Waals surface area contributed by atoms with Crippen molar-refractivity contribution in [2.75, 3.05) is 0 Å². The minimum Gasteiger partial charge on any atom is -0.479 e. The molecule has 0 saturated heterocycles. The Balaban J connectivity index is 3.03. The molecule has 5 heteroatoms. The second kappa shape index (κ2) is 3.72. The number of aliphatic hydroxyl groups is 1. The summed E-state index contributed by atoms with van der Waals surface area (Å²) in [7, 11) is 0. The number of aliphatic hydroxyl groups excluding tert-OH is 1. The average Bonchev–Trinajstić information content (AvgIpc) is 2.08. The van der Waals surface area contributed by atoms with Crippen molar-refractivity contribution >= 4 is 17.6 Å². The standard InChI is InChI=1S/C8H6ClFO3/c9-5-2-1-4(3-6(5)10)7(11)8(12)13/h1-3,7,11H,(H,12,13). The van der Waals surface area contributed by atoms with Crippen LogP contribution in [0.25, 0.3) is 0 Å². The monoisotopic (exact) mass is 204 g/mol. The highest BCUT2D eigenvalue weighted by Crippen LogP contribution is 2.20. The van der Waals surface area contributed by atoms with E-state index in [1.54, 1.807) is 0 Å². The Kier molecular flexibility index (Phi) is 2.85. The van der Waals surface area contributed by atoms with Gasteiger partial charge in [-0.25, -0.2) is 9.18 Å². The summed E-state index contributed by atoms with van der Waals surface area (Å²) in [5.41, 5.74) is -0.0330. The molecule has 0 saturated carbocycles. The van der Waals surface area contributed by atoms with Gasteiger partial charge in [0.15, 0.2) is 6.10 Å². The Bertz CT molecular complexity index is 340. The van der Waals surface area contributed by atoms with Crippen molar-refractivity contribution in [3.8, 4) is 0 Å². The van der Waals surface area contributed by atoms with E-state index in [9.17, 15) is 9.18 Å². The highest BCUT2D eigenvalue weighted by molar-refractivity contribution is 6.30. The Morgan fingerprint density at radius 1 is 1.54 bits per heavy atom. The van der Waals surface area contributed by atoms with Gasteiger partial charge in [0.2, 0.25) is 0 Å². The van der Waals surface area contributed by atoms with Gasteiger partial charge in [-0.3, -0.25) is 0 Å². The van der Waals surface area contributed by atoms with Gasteiger partial charge < -0.3 is 10.2 Å². The molecule has 13 heavy (non-hydrogen) atoms. The summed E-state index contributed by atoms with van der Waals surface area (Å²) in [4.78, 5) is 10.3. The molecule has 0 aliphatic heterocycles. The van der Waals surface area contributed by atoms with Crippen LogP contribution in [0.1, 0.15) is 11.7 Å². The normalized spacial score (nSPS) is 12.5. The lowest BCUT2D eigenvalue weighted by Gasteiger charge is -2.05. The quantitative estimate of drug-likeness (QED) is 0.769. The fourth-order valence-electron chi connectivity index (χ4n) is 0.825. The van der Waals surface area contributed by atoms with Crippen LogP contribution in [-0.4, -0.2) is 16.2 Å². The molecule has 0 radical (unpaired) electrons. The maximum Gasteiger partial charge on any atom is 0.337 e. The Hall–Kier alpha value is -1.13. The van der Waals surface area contributed by atoms with E-state index in [0.29, 0.717) is 0 Å². The first kappa shape index (κ1) is 9.95. The number of hydrogen-bond donors (Lipinski definition) is 2. The maximum atomic E-state index is 12.8. The third-order valence-corrected chi connectivity index (χ3v) is 1.80. The van der Waals surface area contributed by atoms with Crippen LogP contribution in [0.4, 0.5) is 4.39 Å². The number of hydrogen-bond acceptors (Lipinski definition) is 2. The van der Waals surface area contributed by atoms with Crippen molar-refractivity contribution in [1.29, 1.82) is 0 Å². The number of halogens is 2. The molecular weight excluding hydrogens is 199 g/mol. The molecule has 1 aromatic rings. The van der Waals surface area contributed by atoms with Crippen LogP contribution >= 0.6 is 11.6 Å². The smallest absolute Gasteiger partial charge is 0.337 e. The van der Waals surface area contributed by atoms with Gasteiger partial charge in [-0.1, -0.05) is 17.7 Å². The molecule has 0 amide bonds. The van der Waals surface area contributed by atoms with Gasteiger partial charge in [0, 0.05) is 0 Å². The first-order valence-electron chi connectivity index (χ1n) is 3.38. The number of aliphatic carboxylic acids is 1. The third-order valence-electron chi connectivity index (χ3n) is 1.49. The summed E-state index contributed by atoms with van der Waals surface area (Å²) in [5, 5.41) is 17.3. The zero-order chi connectivity index (χ0) is 10.0. The molecule has 1 unspecified atom stereocenters. The van der Waals surface area contributed by atoms with Gasteiger partial charge in [-0.15, -0.1) is 0 Å². The van der Waals surface area contributed by atoms with E-state index in [1.807, 2.05) is 0 Å². The average molecular weight is 205 g/mol. The zero-order valence-corrected chi connectivity index (χ0v) is 7.12. The Morgan fingerprint density at radius 3 is 2.62 bits per heavy atom. The minimum absolute atomic E-state index is 0.0330. The van der Waals surface area contributed by atoms with Crippen molar-refractivity contribution in [2.24, 2.45) is 0 Å². The lowest BCUT2D eigenvalue weighted by molar-refractivity contribution is -0.146. The van der Waals surface area contributed by atoms with E-state index >= 15 is 0 Å². The minimum atomic E-state index is -1.72. The lowest BCUT2D eigenvalue weighted by Crippen LogP contribution is -2.10. The van der Waals surface area contributed by atoms with Gasteiger partial charge in [-0.05, 0) is 17.7 Å². The van der Waals surface area contributed by atoms with Crippen LogP contribution in [-0.2, 0) is 4.79 Å². The number of benzene rings is 1. The van der Waals surface area contributed by atoms with Gasteiger partial charge in [0.25, 0.3) is 0 Å². The summed E-state index contributed by atoms with van der Waals surface area (Å²) in [6.07, 6.45) is -1.72. The van der Waals surface area contributed by atoms with Crippen LogP contribution in [0.2, 0.25) is 5.02 Å². The predicted octanol–water partition coefficient (Wildman–Crippen LogP) is 1.60. The van der Waals surface area contributed by atoms with Crippen LogP contribution < -0.4 is 0 Å². The lowest BCUT2D eigenvalue weighted by atomic mass is 10.1. The van der Waals surface area contributed by atoms with Gasteiger partial charge in [0.05, 0.1) is 5.02 Å². The molecule has 1 atom stereocenters. The molecule has 0 bridgehead atoms. The predicted molar refractivity (Wildman–Crippen MR) is 44.0 cm³/mol. The molecule has 2 N–H and O–H groups in total. The molecule has 1 aromatic carbocycles. The number of carbonyl (C=O) groups is 1. The molecular formula is C8H6ClFO3. The first-order valence-corrected chi connectivity index (χ1v) is 3.76. The van der Waals surface area contributed by atoms with Crippen molar-refractivity contribution < 1.29 is 19.4 Å². The largest absolute Gasteiger partial charge is 0.479 e. The van der Waals surface area contributed by atoms with Gasteiger partial charge in [-0.2, -0.15) is 0 Å². The van der Waals surface area contributed by atoms with Crippen LogP contribution in [0.3, 0.4) is 0 Å². The van der Waals surface area contributed by atoms with Crippen molar-refractivity contribution in [3.63, 3.8) is 0 Å². The second-order valence-electron chi connectivity index (χ2n) is 2.41. The van der Waals surface area contributed by atoms with Gasteiger partial charge in [0.1, 0.15) is 5.82 Å². The highest BCUT2D eigenvalue weighted by atomic mass is 35.5. The molecule has 0 aliphatic carbocycles. The van der Waals surface area contributed by atoms with Gasteiger partial charge >= 0.3 is 5.97 Å². The molecule has 0 aromatic heterocycles. The summed E-state index contributed by atoms with van der Waals surface area (Å²) in [6.45, 7) is 0. The number of rotatable bonds is 2. The van der Waals surface area contributed by atoms with E-state index in [-0.39, 0.29) is 10.6 Å². The summed E-state index contributed by atoms with van der Waals surface area (Å²) >= 11 is 5.36. The molecule has 3 nitrogen and oxygen atoms in total. The SMILES string of the molecule is O=C(O)C(O)c1ccc(Cl)c(F)c1. The van der Waals surface area contributed by atoms with Crippen LogP contribution in [0, 0.1) is 5.82 Å². The Labute approximate surface area is 78.4 Å². The van der Waals surface area contributed by atoms with Crippen LogP contribution in [0.15, 0.2) is 18.2 Å². The van der Waals surface area contributed by atoms with E-state index < -0.39 is 17.9 Å². The second-order valence-corrected chi connectivity index (χ2v) is 2.82. The molecule has 0 heterocycles. The fraction of sp³-hybridized carbons (Fsp3) is 0.125. The summed E-state index contributed by atoms with van der Waals surface area (Å²) in [6, 6.07) is 3.34. The molecule has 0 fully saturated rings. The Morgan fingerprint density at radius 2 is 2.15 bits per heavy atom. The number of carboxylic acid groups (broad SMARTS) is 1. The maximum absolute atomic E-state index is 12.8. The van der Waals surface area contributed by atoms with Crippen molar-refractivity contribution in [2.45, 2.75) is 6.10 Å². The summed E-state index contributed by atoms with van der Waals surface area (Å²) < 4.78 is 12.8. The van der Waals surface area contributed by atoms with E-state index in [0.717, 1.165) is 6.07 Å². The van der Waals surface area contributed by atoms with E-state index in [1.165, 1.54) is 12.1 Å². The molecule has 70 valence electrons. The highest BCUT2D eigenvalue weighted by Gasteiger charge is 2.16. The summed E-state index contributed by atoms with van der Waals surface area (Å²) in [5.74, 6) is -2.18. The number of carboxylic acids is 1. The molecule has 0 aliphatic rings. The van der Waals surface area contributed by atoms with Crippen LogP contribution in [0.5, 0.6) is 0 Å². The third kappa shape index (κ3) is 2.17.